The first-order valence-corrected chi connectivity index (χ1v) is 8.02. The quantitative estimate of drug-likeness (QED) is 0.830. The molecule has 23 heavy (non-hydrogen) atoms. The lowest BCUT2D eigenvalue weighted by molar-refractivity contribution is -0.141. The molecule has 3 nitrogen and oxygen atoms in total. The van der Waals surface area contributed by atoms with Gasteiger partial charge < -0.3 is 4.90 Å². The highest BCUT2D eigenvalue weighted by molar-refractivity contribution is 7.99. The van der Waals surface area contributed by atoms with Crippen molar-refractivity contribution in [2.24, 2.45) is 0 Å². The molecule has 0 aliphatic carbocycles. The summed E-state index contributed by atoms with van der Waals surface area (Å²) >= 11 is 1.64. The van der Waals surface area contributed by atoms with Crippen molar-refractivity contribution in [3.05, 3.63) is 65.5 Å². The molecule has 1 aliphatic heterocycles. The van der Waals surface area contributed by atoms with Crippen LogP contribution in [0.15, 0.2) is 48.7 Å². The van der Waals surface area contributed by atoms with Gasteiger partial charge >= 0.3 is 6.18 Å². The summed E-state index contributed by atoms with van der Waals surface area (Å²) in [6, 6.07) is 11.6. The Hall–Kier alpha value is -2.02. The van der Waals surface area contributed by atoms with Crippen molar-refractivity contribution in [3.63, 3.8) is 0 Å². The van der Waals surface area contributed by atoms with Gasteiger partial charge in [-0.15, -0.1) is 11.8 Å². The maximum Gasteiger partial charge on any atom is 0.433 e. The van der Waals surface area contributed by atoms with Gasteiger partial charge in [0.15, 0.2) is 0 Å². The number of pyridine rings is 1. The number of nitrogens with zero attached hydrogens (tertiary/aromatic N) is 2. The monoisotopic (exact) mass is 338 g/mol. The number of carbonyl (C=O) groups is 1. The average molecular weight is 338 g/mol. The SMILES string of the molecule is O=C(c1ccc(C(F)(F)F)nc1)N1CCSC1c1ccccc1. The topological polar surface area (TPSA) is 33.2 Å². The van der Waals surface area contributed by atoms with Gasteiger partial charge in [-0.2, -0.15) is 13.2 Å². The molecular formula is C16H13F3N2OS. The molecule has 0 radical (unpaired) electrons. The fourth-order valence-corrected chi connectivity index (χ4v) is 3.68. The van der Waals surface area contributed by atoms with E-state index in [4.69, 9.17) is 0 Å². The highest BCUT2D eigenvalue weighted by Gasteiger charge is 2.34. The van der Waals surface area contributed by atoms with Gasteiger partial charge in [0.25, 0.3) is 5.91 Å². The van der Waals surface area contributed by atoms with Gasteiger partial charge in [0.05, 0.1) is 5.56 Å². The molecule has 0 spiro atoms. The lowest BCUT2D eigenvalue weighted by Crippen LogP contribution is -2.30. The lowest BCUT2D eigenvalue weighted by Gasteiger charge is -2.24. The molecule has 2 aromatic rings. The van der Waals surface area contributed by atoms with Crippen LogP contribution in [0.25, 0.3) is 0 Å². The first-order chi connectivity index (χ1) is 11.0. The van der Waals surface area contributed by atoms with Crippen LogP contribution in [0.5, 0.6) is 0 Å². The number of carbonyl (C=O) groups excluding carboxylic acids is 1. The third kappa shape index (κ3) is 3.34. The van der Waals surface area contributed by atoms with Crippen LogP contribution in [0.1, 0.15) is 27.0 Å². The number of hydrogen-bond donors (Lipinski definition) is 0. The summed E-state index contributed by atoms with van der Waals surface area (Å²) < 4.78 is 37.6. The van der Waals surface area contributed by atoms with E-state index in [1.54, 1.807) is 16.7 Å². The van der Waals surface area contributed by atoms with Crippen LogP contribution in [-0.4, -0.2) is 28.1 Å². The Labute approximate surface area is 135 Å². The van der Waals surface area contributed by atoms with Gasteiger partial charge in [-0.05, 0) is 17.7 Å². The van der Waals surface area contributed by atoms with Crippen molar-refractivity contribution in [3.8, 4) is 0 Å². The first kappa shape index (κ1) is 15.9. The van der Waals surface area contributed by atoms with E-state index in [9.17, 15) is 18.0 Å². The Bertz CT molecular complexity index is 689. The van der Waals surface area contributed by atoms with E-state index in [1.807, 2.05) is 30.3 Å². The minimum absolute atomic E-state index is 0.119. The van der Waals surface area contributed by atoms with Gasteiger partial charge in [-0.25, -0.2) is 0 Å². The first-order valence-electron chi connectivity index (χ1n) is 6.97. The summed E-state index contributed by atoms with van der Waals surface area (Å²) in [7, 11) is 0. The van der Waals surface area contributed by atoms with E-state index in [0.29, 0.717) is 6.54 Å². The number of aromatic nitrogens is 1. The molecule has 1 aromatic heterocycles. The Morgan fingerprint density at radius 1 is 1.17 bits per heavy atom. The van der Waals surface area contributed by atoms with E-state index in [-0.39, 0.29) is 16.8 Å². The second-order valence-electron chi connectivity index (χ2n) is 5.06. The summed E-state index contributed by atoms with van der Waals surface area (Å²) in [5, 5.41) is -0.119. The zero-order valence-corrected chi connectivity index (χ0v) is 12.8. The molecule has 3 rings (SSSR count). The van der Waals surface area contributed by atoms with Gasteiger partial charge in [0.1, 0.15) is 11.1 Å². The molecule has 2 heterocycles. The number of rotatable bonds is 2. The third-order valence-electron chi connectivity index (χ3n) is 3.54. The van der Waals surface area contributed by atoms with Crippen molar-refractivity contribution < 1.29 is 18.0 Å². The third-order valence-corrected chi connectivity index (χ3v) is 4.80. The fourth-order valence-electron chi connectivity index (χ4n) is 2.43. The molecule has 1 atom stereocenters. The number of hydrogen-bond acceptors (Lipinski definition) is 3. The van der Waals surface area contributed by atoms with Crippen molar-refractivity contribution in [1.29, 1.82) is 0 Å². The zero-order valence-electron chi connectivity index (χ0n) is 12.0. The van der Waals surface area contributed by atoms with Crippen LogP contribution in [0, 0.1) is 0 Å². The van der Waals surface area contributed by atoms with Crippen LogP contribution < -0.4 is 0 Å². The molecule has 0 saturated carbocycles. The molecule has 0 bridgehead atoms. The average Bonchev–Trinajstić information content (AvgIpc) is 3.04. The van der Waals surface area contributed by atoms with Crippen LogP contribution in [0.2, 0.25) is 0 Å². The van der Waals surface area contributed by atoms with Crippen molar-refractivity contribution in [1.82, 2.24) is 9.88 Å². The molecule has 1 fully saturated rings. The van der Waals surface area contributed by atoms with Gasteiger partial charge in [-0.1, -0.05) is 30.3 Å². The van der Waals surface area contributed by atoms with Crippen molar-refractivity contribution in [2.75, 3.05) is 12.3 Å². The van der Waals surface area contributed by atoms with Crippen molar-refractivity contribution in [2.45, 2.75) is 11.6 Å². The van der Waals surface area contributed by atoms with Gasteiger partial charge in [-0.3, -0.25) is 9.78 Å². The molecule has 7 heteroatoms. The van der Waals surface area contributed by atoms with Crippen LogP contribution in [0.3, 0.4) is 0 Å². The minimum atomic E-state index is -4.50. The highest BCUT2D eigenvalue weighted by atomic mass is 32.2. The summed E-state index contributed by atoms with van der Waals surface area (Å²) in [6.07, 6.45) is -3.51. The number of thioether (sulfide) groups is 1. The Morgan fingerprint density at radius 2 is 1.91 bits per heavy atom. The smallest absolute Gasteiger partial charge is 0.322 e. The van der Waals surface area contributed by atoms with Crippen molar-refractivity contribution >= 4 is 17.7 Å². The van der Waals surface area contributed by atoms with Crippen LogP contribution in [0.4, 0.5) is 13.2 Å². The predicted molar refractivity (Wildman–Crippen MR) is 81.9 cm³/mol. The minimum Gasteiger partial charge on any atom is -0.322 e. The number of halogens is 3. The van der Waals surface area contributed by atoms with E-state index in [1.165, 1.54) is 6.07 Å². The van der Waals surface area contributed by atoms with E-state index in [2.05, 4.69) is 4.98 Å². The fraction of sp³-hybridized carbons (Fsp3) is 0.250. The van der Waals surface area contributed by atoms with Crippen LogP contribution >= 0.6 is 11.8 Å². The molecule has 0 N–H and O–H groups in total. The normalized spacial score (nSPS) is 18.2. The second kappa shape index (κ2) is 6.23. The molecule has 120 valence electrons. The molecule has 1 unspecified atom stereocenters. The zero-order chi connectivity index (χ0) is 16.4. The largest absolute Gasteiger partial charge is 0.433 e. The Kier molecular flexibility index (Phi) is 4.30. The standard InChI is InChI=1S/C16H13F3N2OS/c17-16(18,19)13-7-6-12(10-20-13)14(22)21-8-9-23-15(21)11-4-2-1-3-5-11/h1-7,10,15H,8-9H2. The van der Waals surface area contributed by atoms with Gasteiger partial charge in [0.2, 0.25) is 0 Å². The molecular weight excluding hydrogens is 325 g/mol. The molecule has 1 saturated heterocycles. The van der Waals surface area contributed by atoms with E-state index >= 15 is 0 Å². The summed E-state index contributed by atoms with van der Waals surface area (Å²) in [5.74, 6) is 0.490. The molecule has 1 aliphatic rings. The summed E-state index contributed by atoms with van der Waals surface area (Å²) in [4.78, 5) is 17.6. The number of benzene rings is 1. The van der Waals surface area contributed by atoms with E-state index < -0.39 is 11.9 Å². The highest BCUT2D eigenvalue weighted by Crippen LogP contribution is 2.38. The molecule has 1 aromatic carbocycles. The summed E-state index contributed by atoms with van der Waals surface area (Å²) in [5.41, 5.74) is 0.175. The maximum absolute atomic E-state index is 12.6. The second-order valence-corrected chi connectivity index (χ2v) is 6.25. The van der Waals surface area contributed by atoms with Crippen LogP contribution in [-0.2, 0) is 6.18 Å². The number of amides is 1. The summed E-state index contributed by atoms with van der Waals surface area (Å²) in [6.45, 7) is 0.560. The maximum atomic E-state index is 12.6. The number of alkyl halides is 3. The van der Waals surface area contributed by atoms with Gasteiger partial charge in [0, 0.05) is 18.5 Å². The Balaban J connectivity index is 1.82. The predicted octanol–water partition coefficient (Wildman–Crippen LogP) is 3.99. The van der Waals surface area contributed by atoms with E-state index in [0.717, 1.165) is 23.6 Å². The Morgan fingerprint density at radius 3 is 2.52 bits per heavy atom. The molecule has 1 amide bonds. The lowest BCUT2D eigenvalue weighted by atomic mass is 10.1.